The maximum atomic E-state index is 12.8. The monoisotopic (exact) mass is 432 g/mol. The van der Waals surface area contributed by atoms with Gasteiger partial charge in [0.1, 0.15) is 0 Å². The van der Waals surface area contributed by atoms with Crippen LogP contribution in [0, 0.1) is 6.92 Å². The Morgan fingerprint density at radius 1 is 1.03 bits per heavy atom. The van der Waals surface area contributed by atoms with Gasteiger partial charge in [-0.2, -0.15) is 5.10 Å². The van der Waals surface area contributed by atoms with Gasteiger partial charge in [0, 0.05) is 29.1 Å². The minimum absolute atomic E-state index is 0.264. The fourth-order valence-electron chi connectivity index (χ4n) is 4.04. The van der Waals surface area contributed by atoms with E-state index in [0.717, 1.165) is 17.9 Å². The summed E-state index contributed by atoms with van der Waals surface area (Å²) in [6.07, 6.45) is 0. The van der Waals surface area contributed by atoms with Gasteiger partial charge in [-0.1, -0.05) is 18.2 Å². The molecule has 0 radical (unpaired) electrons. The number of rotatable bonds is 8. The van der Waals surface area contributed by atoms with E-state index in [1.54, 1.807) is 18.2 Å². The number of H-pyrrole nitrogens is 1. The van der Waals surface area contributed by atoms with Gasteiger partial charge >= 0.3 is 0 Å². The van der Waals surface area contributed by atoms with Crippen molar-refractivity contribution < 1.29 is 14.3 Å². The Bertz CT molecular complexity index is 1260. The maximum absolute atomic E-state index is 12.8. The van der Waals surface area contributed by atoms with Crippen molar-refractivity contribution in [3.8, 4) is 22.9 Å². The van der Waals surface area contributed by atoms with Crippen LogP contribution in [0.5, 0.6) is 11.5 Å². The molecule has 2 aromatic heterocycles. The summed E-state index contributed by atoms with van der Waals surface area (Å²) in [5.74, 6) is 1.37. The number of carbonyl (C=O) groups excluding carboxylic acids is 1. The number of hydrogen-bond donors (Lipinski definition) is 2. The fraction of sp³-hybridized carbons (Fsp3) is 0.280. The van der Waals surface area contributed by atoms with Gasteiger partial charge in [0.25, 0.3) is 5.91 Å². The molecule has 166 valence electrons. The second-order valence-electron chi connectivity index (χ2n) is 7.38. The molecule has 0 unspecified atom stereocenters. The molecule has 7 nitrogen and oxygen atoms in total. The number of hydrogen-bond acceptors (Lipinski definition) is 4. The van der Waals surface area contributed by atoms with Crippen molar-refractivity contribution in [3.05, 3.63) is 59.7 Å². The highest BCUT2D eigenvalue weighted by molar-refractivity contribution is 6.04. The molecule has 4 aromatic rings. The van der Waals surface area contributed by atoms with Crippen LogP contribution in [0.15, 0.2) is 48.5 Å². The molecule has 0 aliphatic heterocycles. The van der Waals surface area contributed by atoms with Gasteiger partial charge in [0.15, 0.2) is 17.3 Å². The van der Waals surface area contributed by atoms with Crippen LogP contribution in [0.1, 0.15) is 36.7 Å². The summed E-state index contributed by atoms with van der Waals surface area (Å²) in [6, 6.07) is 15.4. The van der Waals surface area contributed by atoms with Crippen LogP contribution in [0.2, 0.25) is 0 Å². The third-order valence-corrected chi connectivity index (χ3v) is 5.42. The molecule has 0 saturated carbocycles. The van der Waals surface area contributed by atoms with E-state index in [2.05, 4.69) is 46.1 Å². The van der Waals surface area contributed by atoms with Crippen molar-refractivity contribution in [1.29, 1.82) is 0 Å². The van der Waals surface area contributed by atoms with E-state index in [4.69, 9.17) is 9.47 Å². The van der Waals surface area contributed by atoms with Crippen LogP contribution in [-0.2, 0) is 6.54 Å². The molecule has 0 bridgehead atoms. The van der Waals surface area contributed by atoms with E-state index >= 15 is 0 Å². The minimum Gasteiger partial charge on any atom is -0.490 e. The highest BCUT2D eigenvalue weighted by Gasteiger charge is 2.18. The summed E-state index contributed by atoms with van der Waals surface area (Å²) in [5.41, 5.74) is 4.76. The summed E-state index contributed by atoms with van der Waals surface area (Å²) >= 11 is 0. The maximum Gasteiger partial charge on any atom is 0.257 e. The Morgan fingerprint density at radius 2 is 1.78 bits per heavy atom. The number of anilines is 1. The predicted molar refractivity (Wildman–Crippen MR) is 127 cm³/mol. The molecule has 32 heavy (non-hydrogen) atoms. The van der Waals surface area contributed by atoms with Gasteiger partial charge in [-0.3, -0.25) is 9.89 Å². The number of nitrogens with zero attached hydrogens (tertiary/aromatic N) is 2. The molecule has 2 heterocycles. The van der Waals surface area contributed by atoms with Gasteiger partial charge in [-0.05, 0) is 57.5 Å². The predicted octanol–water partition coefficient (Wildman–Crippen LogP) is 5.41. The van der Waals surface area contributed by atoms with E-state index in [9.17, 15) is 4.79 Å². The fourth-order valence-corrected chi connectivity index (χ4v) is 4.04. The van der Waals surface area contributed by atoms with Crippen LogP contribution in [-0.4, -0.2) is 33.9 Å². The summed E-state index contributed by atoms with van der Waals surface area (Å²) in [4.78, 5) is 12.8. The minimum atomic E-state index is -0.264. The van der Waals surface area contributed by atoms with Crippen LogP contribution in [0.4, 0.5) is 5.82 Å². The van der Waals surface area contributed by atoms with E-state index < -0.39 is 0 Å². The largest absolute Gasteiger partial charge is 0.490 e. The first-order valence-corrected chi connectivity index (χ1v) is 10.9. The highest BCUT2D eigenvalue weighted by Crippen LogP contribution is 2.33. The van der Waals surface area contributed by atoms with Gasteiger partial charge in [-0.15, -0.1) is 0 Å². The molecule has 0 aliphatic rings. The molecular formula is C25H28N4O3. The Morgan fingerprint density at radius 3 is 2.53 bits per heavy atom. The summed E-state index contributed by atoms with van der Waals surface area (Å²) in [7, 11) is 0. The van der Waals surface area contributed by atoms with E-state index in [1.165, 1.54) is 16.5 Å². The topological polar surface area (TPSA) is 81.2 Å². The van der Waals surface area contributed by atoms with E-state index in [1.807, 2.05) is 32.0 Å². The third-order valence-electron chi connectivity index (χ3n) is 5.42. The molecule has 0 atom stereocenters. The number of benzene rings is 2. The lowest BCUT2D eigenvalue weighted by Crippen LogP contribution is -2.12. The standard InChI is InChI=1S/C25H28N4O3/c1-5-29-20-11-9-8-10-18(20)16(4)24(29)19-15-23(28-27-19)26-25(30)17-12-13-21(31-6-2)22(14-17)32-7-3/h8-15H,5-7H2,1-4H3,(H2,26,27,28,30). The van der Waals surface area contributed by atoms with Crippen LogP contribution in [0.3, 0.4) is 0 Å². The van der Waals surface area contributed by atoms with Crippen molar-refractivity contribution in [2.75, 3.05) is 18.5 Å². The lowest BCUT2D eigenvalue weighted by molar-refractivity contribution is 0.102. The third kappa shape index (κ3) is 3.93. The number of aromatic amines is 1. The van der Waals surface area contributed by atoms with Crippen molar-refractivity contribution in [2.24, 2.45) is 0 Å². The zero-order valence-electron chi connectivity index (χ0n) is 18.9. The highest BCUT2D eigenvalue weighted by atomic mass is 16.5. The molecule has 0 saturated heterocycles. The number of ether oxygens (including phenoxy) is 2. The van der Waals surface area contributed by atoms with E-state index in [-0.39, 0.29) is 5.91 Å². The summed E-state index contributed by atoms with van der Waals surface area (Å²) in [5, 5.41) is 11.5. The molecular weight excluding hydrogens is 404 g/mol. The Balaban J connectivity index is 1.61. The number of fused-ring (bicyclic) bond motifs is 1. The molecule has 2 aromatic carbocycles. The molecule has 7 heteroatoms. The molecule has 0 spiro atoms. The van der Waals surface area contributed by atoms with Crippen LogP contribution < -0.4 is 14.8 Å². The van der Waals surface area contributed by atoms with Crippen molar-refractivity contribution in [1.82, 2.24) is 14.8 Å². The quantitative estimate of drug-likeness (QED) is 0.390. The first kappa shape index (κ1) is 21.5. The number of carbonyl (C=O) groups is 1. The van der Waals surface area contributed by atoms with Gasteiger partial charge < -0.3 is 19.4 Å². The Kier molecular flexibility index (Phi) is 6.16. The first-order chi connectivity index (χ1) is 15.6. The average molecular weight is 433 g/mol. The average Bonchev–Trinajstić information content (AvgIpc) is 3.37. The number of aromatic nitrogens is 3. The molecule has 0 fully saturated rings. The van der Waals surface area contributed by atoms with Crippen LogP contribution >= 0.6 is 0 Å². The van der Waals surface area contributed by atoms with Gasteiger partial charge in [-0.25, -0.2) is 0 Å². The lowest BCUT2D eigenvalue weighted by atomic mass is 10.1. The van der Waals surface area contributed by atoms with Crippen molar-refractivity contribution >= 4 is 22.6 Å². The van der Waals surface area contributed by atoms with Gasteiger partial charge in [0.2, 0.25) is 0 Å². The SMILES string of the molecule is CCOc1ccc(C(=O)Nc2cc(-c3c(C)c4ccccc4n3CC)[nH]n2)cc1OCC. The van der Waals surface area contributed by atoms with Gasteiger partial charge in [0.05, 0.1) is 24.6 Å². The number of amides is 1. The van der Waals surface area contributed by atoms with Crippen molar-refractivity contribution in [3.63, 3.8) is 0 Å². The number of aryl methyl sites for hydroxylation is 2. The molecule has 0 aliphatic carbocycles. The molecule has 1 amide bonds. The van der Waals surface area contributed by atoms with Crippen LogP contribution in [0.25, 0.3) is 22.3 Å². The smallest absolute Gasteiger partial charge is 0.257 e. The summed E-state index contributed by atoms with van der Waals surface area (Å²) in [6.45, 7) is 9.87. The normalized spacial score (nSPS) is 11.0. The Hall–Kier alpha value is -3.74. The number of nitrogens with one attached hydrogen (secondary N) is 2. The zero-order chi connectivity index (χ0) is 22.7. The second kappa shape index (κ2) is 9.18. The molecule has 4 rings (SSSR count). The van der Waals surface area contributed by atoms with Crippen molar-refractivity contribution in [2.45, 2.75) is 34.2 Å². The summed E-state index contributed by atoms with van der Waals surface area (Å²) < 4.78 is 13.5. The first-order valence-electron chi connectivity index (χ1n) is 10.9. The zero-order valence-corrected chi connectivity index (χ0v) is 18.9. The lowest BCUT2D eigenvalue weighted by Gasteiger charge is -2.12. The second-order valence-corrected chi connectivity index (χ2v) is 7.38. The molecule has 2 N–H and O–H groups in total. The van der Waals surface area contributed by atoms with E-state index in [0.29, 0.717) is 36.1 Å². The Labute approximate surface area is 187 Å². The number of para-hydroxylation sites is 1.